The van der Waals surface area contributed by atoms with Gasteiger partial charge in [-0.2, -0.15) is 0 Å². The van der Waals surface area contributed by atoms with Gasteiger partial charge in [-0.1, -0.05) is 0 Å². The number of hydrogen-bond donors (Lipinski definition) is 1. The van der Waals surface area contributed by atoms with Gasteiger partial charge in [-0.3, -0.25) is 0 Å². The van der Waals surface area contributed by atoms with Crippen LogP contribution in [0.5, 0.6) is 0 Å². The lowest BCUT2D eigenvalue weighted by molar-refractivity contribution is -0.0615. The lowest BCUT2D eigenvalue weighted by Crippen LogP contribution is -2.48. The van der Waals surface area contributed by atoms with Gasteiger partial charge >= 0.3 is 0 Å². The van der Waals surface area contributed by atoms with Crippen molar-refractivity contribution in [2.45, 2.75) is 63.8 Å². The van der Waals surface area contributed by atoms with Gasteiger partial charge in [0, 0.05) is 12.6 Å². The van der Waals surface area contributed by atoms with E-state index in [1.165, 1.54) is 25.8 Å². The molecular formula is C18H32N2. The molecule has 0 aromatic rings. The minimum Gasteiger partial charge on any atom is -0.329 e. The van der Waals surface area contributed by atoms with E-state index < -0.39 is 0 Å². The maximum atomic E-state index is 6.01. The molecule has 0 saturated heterocycles. The first kappa shape index (κ1) is 13.6. The van der Waals surface area contributed by atoms with Gasteiger partial charge in [0.2, 0.25) is 0 Å². The molecule has 0 aliphatic heterocycles. The predicted molar refractivity (Wildman–Crippen MR) is 83.4 cm³/mol. The zero-order valence-corrected chi connectivity index (χ0v) is 13.2. The summed E-state index contributed by atoms with van der Waals surface area (Å²) in [5, 5.41) is 0. The van der Waals surface area contributed by atoms with Crippen LogP contribution in [0, 0.1) is 29.1 Å². The molecule has 114 valence electrons. The molecule has 0 aromatic heterocycles. The van der Waals surface area contributed by atoms with E-state index in [9.17, 15) is 0 Å². The summed E-state index contributed by atoms with van der Waals surface area (Å²) in [7, 11) is 2.33. The molecule has 5 fully saturated rings. The normalized spacial score (nSPS) is 44.2. The van der Waals surface area contributed by atoms with E-state index >= 15 is 0 Å². The first-order valence-corrected chi connectivity index (χ1v) is 9.08. The van der Waals surface area contributed by atoms with Gasteiger partial charge in [-0.25, -0.2) is 0 Å². The van der Waals surface area contributed by atoms with Gasteiger partial charge in [0.1, 0.15) is 0 Å². The van der Waals surface area contributed by atoms with E-state index in [0.717, 1.165) is 35.6 Å². The van der Waals surface area contributed by atoms with E-state index in [2.05, 4.69) is 11.9 Å². The van der Waals surface area contributed by atoms with Crippen molar-refractivity contribution in [3.8, 4) is 0 Å². The lowest BCUT2D eigenvalue weighted by Gasteiger charge is -2.57. The summed E-state index contributed by atoms with van der Waals surface area (Å²) in [4.78, 5) is 2.61. The molecule has 4 bridgehead atoms. The van der Waals surface area contributed by atoms with Crippen molar-refractivity contribution < 1.29 is 0 Å². The van der Waals surface area contributed by atoms with Crippen molar-refractivity contribution in [3.05, 3.63) is 0 Å². The number of likely N-dealkylation sites (N-methyl/N-ethyl adjacent to an activating group) is 1. The molecule has 2 heteroatoms. The molecule has 5 aliphatic carbocycles. The fraction of sp³-hybridized carbons (Fsp3) is 1.00. The zero-order chi connectivity index (χ0) is 13.7. The molecule has 0 amide bonds. The third-order valence-corrected chi connectivity index (χ3v) is 7.13. The highest BCUT2D eigenvalue weighted by atomic mass is 15.1. The average Bonchev–Trinajstić information content (AvgIpc) is 3.20. The van der Waals surface area contributed by atoms with Crippen molar-refractivity contribution in [1.29, 1.82) is 0 Å². The molecule has 0 radical (unpaired) electrons. The molecule has 0 heterocycles. The Morgan fingerprint density at radius 2 is 1.60 bits per heavy atom. The molecule has 20 heavy (non-hydrogen) atoms. The Morgan fingerprint density at radius 1 is 1.05 bits per heavy atom. The summed E-state index contributed by atoms with van der Waals surface area (Å²) in [5.41, 5.74) is 6.75. The molecule has 0 aromatic carbocycles. The molecule has 5 saturated carbocycles. The van der Waals surface area contributed by atoms with Crippen LogP contribution in [0.4, 0.5) is 0 Å². The third-order valence-electron chi connectivity index (χ3n) is 7.13. The van der Waals surface area contributed by atoms with E-state index in [-0.39, 0.29) is 0 Å². The van der Waals surface area contributed by atoms with Crippen LogP contribution in [-0.4, -0.2) is 31.1 Å². The summed E-state index contributed by atoms with van der Waals surface area (Å²) < 4.78 is 0. The van der Waals surface area contributed by atoms with Crippen LogP contribution in [0.25, 0.3) is 0 Å². The van der Waals surface area contributed by atoms with Crippen LogP contribution < -0.4 is 5.73 Å². The van der Waals surface area contributed by atoms with Gasteiger partial charge < -0.3 is 10.6 Å². The van der Waals surface area contributed by atoms with Gasteiger partial charge in [0.25, 0.3) is 0 Å². The zero-order valence-electron chi connectivity index (χ0n) is 13.2. The number of rotatable bonds is 6. The van der Waals surface area contributed by atoms with E-state index in [4.69, 9.17) is 5.73 Å². The van der Waals surface area contributed by atoms with Crippen LogP contribution in [0.15, 0.2) is 0 Å². The summed E-state index contributed by atoms with van der Waals surface area (Å²) in [6.45, 7) is 2.16. The molecular weight excluding hydrogens is 244 g/mol. The number of nitrogens with zero attached hydrogens (tertiary/aromatic N) is 1. The SMILES string of the molecule is CN(CCC12CC3CC(CC(C3)C1)C2)C(CN)C1CC1. The Labute approximate surface area is 124 Å². The van der Waals surface area contributed by atoms with E-state index in [1.54, 1.807) is 38.5 Å². The Morgan fingerprint density at radius 3 is 2.05 bits per heavy atom. The fourth-order valence-corrected chi connectivity index (χ4v) is 6.39. The minimum atomic E-state index is 0.670. The summed E-state index contributed by atoms with van der Waals surface area (Å²) >= 11 is 0. The van der Waals surface area contributed by atoms with E-state index in [0.29, 0.717) is 6.04 Å². The molecule has 0 spiro atoms. The average molecular weight is 276 g/mol. The molecule has 5 aliphatic rings. The van der Waals surface area contributed by atoms with Gasteiger partial charge in [-0.15, -0.1) is 0 Å². The first-order chi connectivity index (χ1) is 9.67. The molecule has 2 nitrogen and oxygen atoms in total. The van der Waals surface area contributed by atoms with Crippen molar-refractivity contribution in [2.24, 2.45) is 34.8 Å². The van der Waals surface area contributed by atoms with Crippen LogP contribution >= 0.6 is 0 Å². The maximum Gasteiger partial charge on any atom is 0.0243 e. The Bertz CT molecular complexity index is 325. The van der Waals surface area contributed by atoms with Crippen molar-refractivity contribution >= 4 is 0 Å². The lowest BCUT2D eigenvalue weighted by atomic mass is 9.49. The van der Waals surface area contributed by atoms with Crippen molar-refractivity contribution in [1.82, 2.24) is 4.90 Å². The molecule has 5 rings (SSSR count). The van der Waals surface area contributed by atoms with Crippen molar-refractivity contribution in [3.63, 3.8) is 0 Å². The maximum absolute atomic E-state index is 6.01. The second-order valence-corrected chi connectivity index (χ2v) is 8.79. The second kappa shape index (κ2) is 4.98. The van der Waals surface area contributed by atoms with Crippen LogP contribution in [-0.2, 0) is 0 Å². The second-order valence-electron chi connectivity index (χ2n) is 8.79. The monoisotopic (exact) mass is 276 g/mol. The minimum absolute atomic E-state index is 0.670. The van der Waals surface area contributed by atoms with Gasteiger partial charge in [0.05, 0.1) is 0 Å². The van der Waals surface area contributed by atoms with E-state index in [1.807, 2.05) is 0 Å². The number of nitrogens with two attached hydrogens (primary N) is 1. The predicted octanol–water partition coefficient (Wildman–Crippen LogP) is 3.26. The molecule has 2 N–H and O–H groups in total. The summed E-state index contributed by atoms with van der Waals surface area (Å²) in [6.07, 6.45) is 13.7. The quantitative estimate of drug-likeness (QED) is 0.807. The highest BCUT2D eigenvalue weighted by Crippen LogP contribution is 2.61. The largest absolute Gasteiger partial charge is 0.329 e. The first-order valence-electron chi connectivity index (χ1n) is 9.08. The third kappa shape index (κ3) is 2.43. The highest BCUT2D eigenvalue weighted by molar-refractivity contribution is 5.01. The summed E-state index contributed by atoms with van der Waals surface area (Å²) in [5.74, 6) is 4.21. The molecule has 1 atom stereocenters. The Balaban J connectivity index is 1.36. The fourth-order valence-electron chi connectivity index (χ4n) is 6.39. The number of hydrogen-bond acceptors (Lipinski definition) is 2. The molecule has 1 unspecified atom stereocenters. The highest BCUT2D eigenvalue weighted by Gasteiger charge is 2.50. The van der Waals surface area contributed by atoms with Crippen LogP contribution in [0.2, 0.25) is 0 Å². The Hall–Kier alpha value is -0.0800. The topological polar surface area (TPSA) is 29.3 Å². The summed E-state index contributed by atoms with van der Waals surface area (Å²) in [6, 6.07) is 0.670. The van der Waals surface area contributed by atoms with Crippen molar-refractivity contribution in [2.75, 3.05) is 20.1 Å². The van der Waals surface area contributed by atoms with Gasteiger partial charge in [-0.05, 0) is 100 Å². The van der Waals surface area contributed by atoms with Crippen LogP contribution in [0.1, 0.15) is 57.8 Å². The Kier molecular flexibility index (Phi) is 3.38. The smallest absolute Gasteiger partial charge is 0.0243 e. The van der Waals surface area contributed by atoms with Crippen LogP contribution in [0.3, 0.4) is 0 Å². The van der Waals surface area contributed by atoms with Gasteiger partial charge in [0.15, 0.2) is 0 Å². The standard InChI is InChI=1S/C18H32N2/c1-20(17(12-19)16-2-3-16)5-4-18-9-13-6-14(10-18)8-15(7-13)11-18/h13-17H,2-12,19H2,1H3.